The lowest BCUT2D eigenvalue weighted by molar-refractivity contribution is 0.419. The third-order valence-electron chi connectivity index (χ3n) is 5.05. The molecule has 3 nitrogen and oxygen atoms in total. The van der Waals surface area contributed by atoms with Crippen molar-refractivity contribution in [3.63, 3.8) is 0 Å². The quantitative estimate of drug-likeness (QED) is 0.836. The molecule has 0 aliphatic carbocycles. The summed E-state index contributed by atoms with van der Waals surface area (Å²) in [5.74, 6) is 0.0492. The fourth-order valence-corrected chi connectivity index (χ4v) is 3.78. The van der Waals surface area contributed by atoms with E-state index in [9.17, 15) is 10.5 Å². The van der Waals surface area contributed by atoms with Gasteiger partial charge in [0.25, 0.3) is 0 Å². The van der Waals surface area contributed by atoms with Crippen molar-refractivity contribution in [1.29, 1.82) is 10.5 Å². The molecule has 120 valence electrons. The fraction of sp³-hybridized carbons (Fsp3) is 0.333. The molecule has 1 N–H and O–H groups in total. The van der Waals surface area contributed by atoms with Crippen molar-refractivity contribution >= 4 is 6.08 Å². The molecule has 0 radical (unpaired) electrons. The van der Waals surface area contributed by atoms with E-state index in [1.165, 1.54) is 0 Å². The van der Waals surface area contributed by atoms with Gasteiger partial charge in [0.1, 0.15) is 0 Å². The third kappa shape index (κ3) is 2.92. The maximum atomic E-state index is 9.83. The Bertz CT molecular complexity index is 732. The first kappa shape index (κ1) is 16.2. The normalized spacial score (nSPS) is 25.8. The summed E-state index contributed by atoms with van der Waals surface area (Å²) >= 11 is 0. The van der Waals surface area contributed by atoms with E-state index in [0.29, 0.717) is 12.5 Å². The molecular weight excluding hydrogens is 294 g/mol. The molecule has 1 aromatic rings. The first-order valence-corrected chi connectivity index (χ1v) is 8.37. The van der Waals surface area contributed by atoms with E-state index in [1.54, 1.807) is 0 Å². The van der Waals surface area contributed by atoms with Crippen LogP contribution in [0.2, 0.25) is 0 Å². The van der Waals surface area contributed by atoms with Crippen molar-refractivity contribution in [2.45, 2.75) is 31.3 Å². The van der Waals surface area contributed by atoms with Gasteiger partial charge in [0.2, 0.25) is 0 Å². The van der Waals surface area contributed by atoms with Gasteiger partial charge < -0.3 is 5.32 Å². The van der Waals surface area contributed by atoms with Gasteiger partial charge in [0, 0.05) is 24.4 Å². The number of nitrogens with one attached hydrogen (secondary N) is 1. The van der Waals surface area contributed by atoms with Crippen molar-refractivity contribution in [3.05, 3.63) is 66.3 Å². The minimum absolute atomic E-state index is 0.0492. The van der Waals surface area contributed by atoms with E-state index in [0.717, 1.165) is 24.0 Å². The Morgan fingerprint density at radius 1 is 1.21 bits per heavy atom. The minimum atomic E-state index is -1.12. The van der Waals surface area contributed by atoms with Crippen LogP contribution >= 0.6 is 0 Å². The maximum absolute atomic E-state index is 9.83. The van der Waals surface area contributed by atoms with Crippen molar-refractivity contribution < 1.29 is 0 Å². The molecule has 24 heavy (non-hydrogen) atoms. The summed E-state index contributed by atoms with van der Waals surface area (Å²) in [7, 11) is 0. The van der Waals surface area contributed by atoms with Gasteiger partial charge in [-0.25, -0.2) is 0 Å². The molecule has 1 aromatic carbocycles. The smallest absolute Gasteiger partial charge is 0.168 e. The molecular formula is C21H21N3. The Labute approximate surface area is 143 Å². The van der Waals surface area contributed by atoms with Crippen LogP contribution in [0.5, 0.6) is 0 Å². The molecule has 3 heteroatoms. The molecule has 2 aliphatic rings. The molecule has 0 spiro atoms. The van der Waals surface area contributed by atoms with E-state index in [-0.39, 0.29) is 12.0 Å². The van der Waals surface area contributed by atoms with Gasteiger partial charge >= 0.3 is 0 Å². The van der Waals surface area contributed by atoms with Crippen LogP contribution in [0.15, 0.2) is 60.7 Å². The number of nitriles is 2. The molecule has 0 unspecified atom stereocenters. The van der Waals surface area contributed by atoms with E-state index in [4.69, 9.17) is 0 Å². The lowest BCUT2D eigenvalue weighted by Crippen LogP contribution is -2.42. The summed E-state index contributed by atoms with van der Waals surface area (Å²) in [6.07, 6.45) is 10.4. The molecule has 1 saturated heterocycles. The first-order chi connectivity index (χ1) is 11.7. The van der Waals surface area contributed by atoms with Crippen LogP contribution in [0, 0.1) is 34.0 Å². The fourth-order valence-electron chi connectivity index (χ4n) is 3.78. The van der Waals surface area contributed by atoms with Crippen LogP contribution in [0.25, 0.3) is 6.08 Å². The average Bonchev–Trinajstić information content (AvgIpc) is 3.01. The van der Waals surface area contributed by atoms with Gasteiger partial charge in [-0.05, 0) is 24.0 Å². The van der Waals surface area contributed by atoms with Crippen molar-refractivity contribution in [3.8, 4) is 12.1 Å². The monoisotopic (exact) mass is 315 g/mol. The maximum Gasteiger partial charge on any atom is 0.168 e. The van der Waals surface area contributed by atoms with Gasteiger partial charge in [-0.3, -0.25) is 0 Å². The van der Waals surface area contributed by atoms with E-state index in [2.05, 4.69) is 30.1 Å². The molecule has 2 aliphatic heterocycles. The number of fused-ring (bicyclic) bond motifs is 2. The number of nitrogens with zero attached hydrogens (tertiary/aromatic N) is 2. The predicted octanol–water partition coefficient (Wildman–Crippen LogP) is 3.99. The van der Waals surface area contributed by atoms with Gasteiger partial charge in [-0.2, -0.15) is 10.5 Å². The summed E-state index contributed by atoms with van der Waals surface area (Å²) < 4.78 is 0. The number of hydrogen-bond donors (Lipinski definition) is 1. The highest BCUT2D eigenvalue weighted by Gasteiger charge is 2.44. The summed E-state index contributed by atoms with van der Waals surface area (Å²) in [4.78, 5) is 0. The average molecular weight is 315 g/mol. The molecule has 2 heterocycles. The zero-order valence-electron chi connectivity index (χ0n) is 13.7. The van der Waals surface area contributed by atoms with Gasteiger partial charge in [0.15, 0.2) is 5.41 Å². The Balaban J connectivity index is 1.88. The number of benzene rings is 1. The lowest BCUT2D eigenvalue weighted by Gasteiger charge is -2.34. The second kappa shape index (κ2) is 6.87. The second-order valence-electron chi connectivity index (χ2n) is 6.49. The van der Waals surface area contributed by atoms with Crippen LogP contribution in [0.1, 0.15) is 24.8 Å². The Morgan fingerprint density at radius 3 is 2.62 bits per heavy atom. The van der Waals surface area contributed by atoms with Crippen LogP contribution in [0.4, 0.5) is 0 Å². The SMILES string of the molecule is C=C[C@@H]1C(C(C#N)(C#N)C/C=C/c2ccccc2)=C[C@H]2CC[C@@H]1N2. The third-order valence-corrected chi connectivity index (χ3v) is 5.05. The van der Waals surface area contributed by atoms with Gasteiger partial charge in [0.05, 0.1) is 12.1 Å². The number of rotatable bonds is 5. The highest BCUT2D eigenvalue weighted by molar-refractivity contribution is 5.50. The summed E-state index contributed by atoms with van der Waals surface area (Å²) in [6.45, 7) is 3.94. The van der Waals surface area contributed by atoms with Crippen LogP contribution in [-0.2, 0) is 0 Å². The minimum Gasteiger partial charge on any atom is -0.307 e. The Hall–Kier alpha value is -2.62. The zero-order valence-corrected chi connectivity index (χ0v) is 13.7. The summed E-state index contributed by atoms with van der Waals surface area (Å²) in [5.41, 5.74) is 0.876. The van der Waals surface area contributed by atoms with Gasteiger partial charge in [-0.15, -0.1) is 6.58 Å². The summed E-state index contributed by atoms with van der Waals surface area (Å²) in [6, 6.07) is 15.1. The molecule has 1 fully saturated rings. The van der Waals surface area contributed by atoms with E-state index >= 15 is 0 Å². The van der Waals surface area contributed by atoms with Gasteiger partial charge in [-0.1, -0.05) is 54.6 Å². The first-order valence-electron chi connectivity index (χ1n) is 8.37. The molecule has 2 bridgehead atoms. The Morgan fingerprint density at radius 2 is 1.96 bits per heavy atom. The highest BCUT2D eigenvalue weighted by atomic mass is 15.0. The molecule has 0 aromatic heterocycles. The summed E-state index contributed by atoms with van der Waals surface area (Å²) in [5, 5.41) is 23.2. The van der Waals surface area contributed by atoms with Crippen molar-refractivity contribution in [2.24, 2.45) is 11.3 Å². The zero-order chi connectivity index (χ0) is 17.0. The van der Waals surface area contributed by atoms with Crippen molar-refractivity contribution in [2.75, 3.05) is 0 Å². The second-order valence-corrected chi connectivity index (χ2v) is 6.49. The number of allylic oxidation sites excluding steroid dienone is 1. The Kier molecular flexibility index (Phi) is 4.65. The number of hydrogen-bond acceptors (Lipinski definition) is 3. The standard InChI is InChI=1S/C21H21N3/c1-2-18-19(13-17-10-11-20(18)24-17)21(14-22,15-23)12-6-9-16-7-4-3-5-8-16/h2-9,13,17-18,20,24H,1,10-12H2/b9-6+/t17-,18-,20+/m1/s1. The molecule has 3 atom stereocenters. The topological polar surface area (TPSA) is 59.6 Å². The van der Waals surface area contributed by atoms with Crippen molar-refractivity contribution in [1.82, 2.24) is 5.32 Å². The van der Waals surface area contributed by atoms with E-state index in [1.807, 2.05) is 48.6 Å². The molecule has 0 amide bonds. The van der Waals surface area contributed by atoms with Crippen LogP contribution in [0.3, 0.4) is 0 Å². The predicted molar refractivity (Wildman–Crippen MR) is 95.5 cm³/mol. The molecule has 0 saturated carbocycles. The van der Waals surface area contributed by atoms with E-state index < -0.39 is 5.41 Å². The largest absolute Gasteiger partial charge is 0.307 e. The lowest BCUT2D eigenvalue weighted by atomic mass is 9.70. The van der Waals surface area contributed by atoms with Crippen LogP contribution in [-0.4, -0.2) is 12.1 Å². The van der Waals surface area contributed by atoms with Crippen LogP contribution < -0.4 is 5.32 Å². The molecule has 3 rings (SSSR count). The highest BCUT2D eigenvalue weighted by Crippen LogP contribution is 2.43.